The first kappa shape index (κ1) is 19.6. The van der Waals surface area contributed by atoms with Crippen LogP contribution in [0.25, 0.3) is 0 Å². The zero-order valence-electron chi connectivity index (χ0n) is 16.4. The van der Waals surface area contributed by atoms with Gasteiger partial charge < -0.3 is 15.2 Å². The maximum atomic E-state index is 13.9. The normalized spacial score (nSPS) is 13.9. The van der Waals surface area contributed by atoms with Gasteiger partial charge in [-0.2, -0.15) is 0 Å². The summed E-state index contributed by atoms with van der Waals surface area (Å²) >= 11 is 0. The number of hydrogen-bond donors (Lipinski definition) is 1. The number of amides is 1. The van der Waals surface area contributed by atoms with Gasteiger partial charge in [-0.3, -0.25) is 9.59 Å². The smallest absolute Gasteiger partial charge is 0.248 e. The number of ether oxygens (including phenoxy) is 2. The molecular formula is C24H20FNO4. The van der Waals surface area contributed by atoms with Crippen molar-refractivity contribution in [2.45, 2.75) is 19.4 Å². The standard InChI is InChI=1S/C24H20FNO4/c1-14-21(10-9-19-20(27)11-12-29-22(14)19)30-23(17-3-2-4-18(25)13-17)15-5-7-16(8-6-15)24(26)28/h2-10,13,23H,11-12H2,1H3,(H2,26,28)/t23-/m0/s1. The molecule has 0 saturated carbocycles. The zero-order chi connectivity index (χ0) is 21.3. The topological polar surface area (TPSA) is 78.6 Å². The number of halogens is 1. The summed E-state index contributed by atoms with van der Waals surface area (Å²) in [6.07, 6.45) is -0.288. The lowest BCUT2D eigenvalue weighted by Gasteiger charge is -2.24. The second-order valence-electron chi connectivity index (χ2n) is 7.13. The third-order valence-corrected chi connectivity index (χ3v) is 5.13. The molecule has 0 aliphatic carbocycles. The van der Waals surface area contributed by atoms with Crippen LogP contribution in [0, 0.1) is 12.7 Å². The molecule has 30 heavy (non-hydrogen) atoms. The number of ketones is 1. The van der Waals surface area contributed by atoms with Crippen LogP contribution in [-0.2, 0) is 0 Å². The first-order chi connectivity index (χ1) is 14.4. The maximum Gasteiger partial charge on any atom is 0.248 e. The fraction of sp³-hybridized carbons (Fsp3) is 0.167. The van der Waals surface area contributed by atoms with E-state index in [-0.39, 0.29) is 11.6 Å². The summed E-state index contributed by atoms with van der Waals surface area (Å²) in [4.78, 5) is 23.5. The fourth-order valence-corrected chi connectivity index (χ4v) is 3.53. The number of benzene rings is 3. The fourth-order valence-electron chi connectivity index (χ4n) is 3.53. The largest absolute Gasteiger partial charge is 0.492 e. The second-order valence-corrected chi connectivity index (χ2v) is 7.13. The van der Waals surface area contributed by atoms with Gasteiger partial charge in [-0.1, -0.05) is 24.3 Å². The highest BCUT2D eigenvalue weighted by molar-refractivity contribution is 6.00. The van der Waals surface area contributed by atoms with Crippen molar-refractivity contribution in [1.82, 2.24) is 0 Å². The number of carbonyl (C=O) groups is 2. The molecule has 3 aromatic rings. The molecule has 4 rings (SSSR count). The van der Waals surface area contributed by atoms with Crippen molar-refractivity contribution >= 4 is 11.7 Å². The lowest BCUT2D eigenvalue weighted by molar-refractivity contribution is 0.0931. The van der Waals surface area contributed by atoms with Gasteiger partial charge in [0.05, 0.1) is 12.2 Å². The summed E-state index contributed by atoms with van der Waals surface area (Å²) in [6.45, 7) is 2.16. The molecule has 6 heteroatoms. The van der Waals surface area contributed by atoms with E-state index in [2.05, 4.69) is 0 Å². The van der Waals surface area contributed by atoms with Crippen LogP contribution < -0.4 is 15.2 Å². The average molecular weight is 405 g/mol. The van der Waals surface area contributed by atoms with Crippen molar-refractivity contribution in [1.29, 1.82) is 0 Å². The Morgan fingerprint density at radius 2 is 1.87 bits per heavy atom. The number of fused-ring (bicyclic) bond motifs is 1. The quantitative estimate of drug-likeness (QED) is 0.684. The predicted octanol–water partition coefficient (Wildman–Crippen LogP) is 4.37. The SMILES string of the molecule is Cc1c(O[C@@H](c2ccc(C(N)=O)cc2)c2cccc(F)c2)ccc2c1OCCC2=O. The molecule has 1 heterocycles. The molecule has 5 nitrogen and oxygen atoms in total. The second kappa shape index (κ2) is 7.99. The van der Waals surface area contributed by atoms with Gasteiger partial charge in [0.1, 0.15) is 23.4 Å². The summed E-state index contributed by atoms with van der Waals surface area (Å²) in [5, 5.41) is 0. The van der Waals surface area contributed by atoms with E-state index in [1.54, 1.807) is 48.5 Å². The van der Waals surface area contributed by atoms with Crippen LogP contribution >= 0.6 is 0 Å². The minimum Gasteiger partial charge on any atom is -0.492 e. The van der Waals surface area contributed by atoms with Crippen LogP contribution in [0.15, 0.2) is 60.7 Å². The highest BCUT2D eigenvalue weighted by Crippen LogP contribution is 2.38. The van der Waals surface area contributed by atoms with Gasteiger partial charge in [0.15, 0.2) is 5.78 Å². The molecule has 152 valence electrons. The number of hydrogen-bond acceptors (Lipinski definition) is 4. The molecule has 0 bridgehead atoms. The Balaban J connectivity index is 1.75. The third-order valence-electron chi connectivity index (χ3n) is 5.13. The minimum atomic E-state index is -0.640. The van der Waals surface area contributed by atoms with E-state index in [9.17, 15) is 14.0 Å². The summed E-state index contributed by atoms with van der Waals surface area (Å²) in [5.74, 6) is 0.167. The van der Waals surface area contributed by atoms with Gasteiger partial charge in [0.25, 0.3) is 0 Å². The number of primary amides is 1. The molecule has 1 aliphatic rings. The Kier molecular flexibility index (Phi) is 5.23. The lowest BCUT2D eigenvalue weighted by Crippen LogP contribution is -2.17. The summed E-state index contributed by atoms with van der Waals surface area (Å²) in [6, 6.07) is 16.2. The summed E-state index contributed by atoms with van der Waals surface area (Å²) < 4.78 is 25.9. The van der Waals surface area contributed by atoms with Crippen LogP contribution in [0.3, 0.4) is 0 Å². The Labute approximate surface area is 173 Å². The van der Waals surface area contributed by atoms with Crippen molar-refractivity contribution < 1.29 is 23.5 Å². The number of carbonyl (C=O) groups excluding carboxylic acids is 2. The van der Waals surface area contributed by atoms with E-state index in [4.69, 9.17) is 15.2 Å². The molecule has 0 saturated heterocycles. The molecular weight excluding hydrogens is 385 g/mol. The van der Waals surface area contributed by atoms with Crippen LogP contribution in [0.1, 0.15) is 49.9 Å². The number of Topliss-reactive ketones (excluding diaryl/α,β-unsaturated/α-hetero) is 1. The monoisotopic (exact) mass is 405 g/mol. The lowest BCUT2D eigenvalue weighted by atomic mass is 9.98. The molecule has 2 N–H and O–H groups in total. The third kappa shape index (κ3) is 3.76. The van der Waals surface area contributed by atoms with Gasteiger partial charge in [0.2, 0.25) is 5.91 Å². The molecule has 0 spiro atoms. The average Bonchev–Trinajstić information content (AvgIpc) is 2.74. The molecule has 0 fully saturated rings. The van der Waals surface area contributed by atoms with E-state index in [0.29, 0.717) is 46.8 Å². The molecule has 3 aromatic carbocycles. The van der Waals surface area contributed by atoms with Crippen molar-refractivity contribution in [2.24, 2.45) is 5.73 Å². The first-order valence-electron chi connectivity index (χ1n) is 9.55. The Bertz CT molecular complexity index is 1120. The van der Waals surface area contributed by atoms with Crippen LogP contribution in [0.2, 0.25) is 0 Å². The van der Waals surface area contributed by atoms with Crippen LogP contribution in [0.4, 0.5) is 4.39 Å². The number of nitrogens with two attached hydrogens (primary N) is 1. The van der Waals surface area contributed by atoms with Gasteiger partial charge in [-0.25, -0.2) is 4.39 Å². The summed E-state index contributed by atoms with van der Waals surface area (Å²) in [7, 11) is 0. The highest BCUT2D eigenvalue weighted by atomic mass is 19.1. The molecule has 1 aliphatic heterocycles. The number of rotatable bonds is 5. The molecule has 0 unspecified atom stereocenters. The maximum absolute atomic E-state index is 13.9. The molecule has 1 atom stereocenters. The Hall–Kier alpha value is -3.67. The van der Waals surface area contributed by atoms with Crippen LogP contribution in [-0.4, -0.2) is 18.3 Å². The van der Waals surface area contributed by atoms with Gasteiger partial charge >= 0.3 is 0 Å². The van der Waals surface area contributed by atoms with E-state index in [1.165, 1.54) is 12.1 Å². The van der Waals surface area contributed by atoms with Crippen molar-refractivity contribution in [3.63, 3.8) is 0 Å². The predicted molar refractivity (Wildman–Crippen MR) is 109 cm³/mol. The Morgan fingerprint density at radius 3 is 2.57 bits per heavy atom. The Morgan fingerprint density at radius 1 is 1.10 bits per heavy atom. The van der Waals surface area contributed by atoms with Gasteiger partial charge in [0, 0.05) is 17.5 Å². The van der Waals surface area contributed by atoms with Crippen molar-refractivity contribution in [3.8, 4) is 11.5 Å². The minimum absolute atomic E-state index is 0.0367. The molecule has 0 aromatic heterocycles. The summed E-state index contributed by atoms with van der Waals surface area (Å²) in [5.41, 5.74) is 8.27. The van der Waals surface area contributed by atoms with E-state index < -0.39 is 12.0 Å². The molecule has 1 amide bonds. The highest BCUT2D eigenvalue weighted by Gasteiger charge is 2.24. The van der Waals surface area contributed by atoms with Crippen molar-refractivity contribution in [2.75, 3.05) is 6.61 Å². The van der Waals surface area contributed by atoms with Gasteiger partial charge in [-0.15, -0.1) is 0 Å². The van der Waals surface area contributed by atoms with Gasteiger partial charge in [-0.05, 0) is 54.4 Å². The zero-order valence-corrected chi connectivity index (χ0v) is 16.4. The van der Waals surface area contributed by atoms with E-state index in [0.717, 1.165) is 5.56 Å². The van der Waals surface area contributed by atoms with Crippen molar-refractivity contribution in [3.05, 3.63) is 94.3 Å². The first-order valence-corrected chi connectivity index (χ1v) is 9.55. The molecule has 0 radical (unpaired) electrons. The van der Waals surface area contributed by atoms with Crippen LogP contribution in [0.5, 0.6) is 11.5 Å². The van der Waals surface area contributed by atoms with E-state index in [1.807, 2.05) is 6.92 Å². The van der Waals surface area contributed by atoms with E-state index >= 15 is 0 Å².